The van der Waals surface area contributed by atoms with Gasteiger partial charge < -0.3 is 10.2 Å². The Morgan fingerprint density at radius 1 is 1.19 bits per heavy atom. The first kappa shape index (κ1) is 18.6. The number of carbonyl (C=O) groups is 2. The Bertz CT molecular complexity index is 676. The average Bonchev–Trinajstić information content (AvgIpc) is 2.69. The van der Waals surface area contributed by atoms with Crippen LogP contribution >= 0.6 is 0 Å². The van der Waals surface area contributed by atoms with Crippen LogP contribution in [0, 0.1) is 5.92 Å². The van der Waals surface area contributed by atoms with Crippen molar-refractivity contribution in [3.05, 3.63) is 41.2 Å². The Morgan fingerprint density at radius 3 is 2.69 bits per heavy atom. The van der Waals surface area contributed by atoms with E-state index in [1.807, 2.05) is 4.90 Å². The monoisotopic (exact) mass is 355 g/mol. The van der Waals surface area contributed by atoms with Crippen LogP contribution in [-0.2, 0) is 0 Å². The lowest BCUT2D eigenvalue weighted by atomic mass is 9.97. The summed E-state index contributed by atoms with van der Waals surface area (Å²) >= 11 is 0. The molecule has 2 aliphatic rings. The fraction of sp³-hybridized carbons (Fsp3) is 0.571. The van der Waals surface area contributed by atoms with E-state index in [9.17, 15) is 9.59 Å². The van der Waals surface area contributed by atoms with E-state index < -0.39 is 0 Å². The normalized spacial score (nSPS) is 18.3. The van der Waals surface area contributed by atoms with Gasteiger partial charge in [0.15, 0.2) is 0 Å². The Morgan fingerprint density at radius 2 is 1.96 bits per heavy atom. The zero-order valence-corrected chi connectivity index (χ0v) is 15.7. The largest absolute Gasteiger partial charge is 0.350 e. The number of pyridine rings is 1. The molecule has 1 fully saturated rings. The molecule has 0 aromatic carbocycles. The summed E-state index contributed by atoms with van der Waals surface area (Å²) < 4.78 is 0. The van der Waals surface area contributed by atoms with Crippen LogP contribution in [0.2, 0.25) is 0 Å². The quantitative estimate of drug-likeness (QED) is 0.821. The van der Waals surface area contributed by atoms with E-state index in [4.69, 9.17) is 0 Å². The van der Waals surface area contributed by atoms with Crippen molar-refractivity contribution >= 4 is 11.8 Å². The van der Waals surface area contributed by atoms with Crippen LogP contribution in [0.4, 0.5) is 0 Å². The van der Waals surface area contributed by atoms with Gasteiger partial charge in [0.05, 0.1) is 0 Å². The molecular weight excluding hydrogens is 326 g/mol. The number of rotatable bonds is 5. The Kier molecular flexibility index (Phi) is 6.42. The van der Waals surface area contributed by atoms with Crippen molar-refractivity contribution < 1.29 is 9.59 Å². The van der Waals surface area contributed by atoms with E-state index >= 15 is 0 Å². The van der Waals surface area contributed by atoms with Crippen molar-refractivity contribution in [3.63, 3.8) is 0 Å². The van der Waals surface area contributed by atoms with Crippen molar-refractivity contribution in [2.75, 3.05) is 19.6 Å². The number of hydrogen-bond donors (Lipinski definition) is 1. The molecule has 1 aromatic rings. The lowest BCUT2D eigenvalue weighted by molar-refractivity contribution is 0.0691. The van der Waals surface area contributed by atoms with Crippen LogP contribution in [0.3, 0.4) is 0 Å². The lowest BCUT2D eigenvalue weighted by Gasteiger charge is -2.30. The zero-order chi connectivity index (χ0) is 18.4. The van der Waals surface area contributed by atoms with Crippen LogP contribution in [0.25, 0.3) is 0 Å². The second kappa shape index (κ2) is 8.97. The number of nitrogens with one attached hydrogen (secondary N) is 1. The van der Waals surface area contributed by atoms with E-state index in [0.29, 0.717) is 23.9 Å². The number of piperidine rings is 1. The molecule has 0 saturated carbocycles. The van der Waals surface area contributed by atoms with Crippen LogP contribution in [0.1, 0.15) is 72.8 Å². The minimum Gasteiger partial charge on any atom is -0.350 e. The molecule has 1 aliphatic carbocycles. The molecule has 2 heterocycles. The van der Waals surface area contributed by atoms with Crippen molar-refractivity contribution in [3.8, 4) is 0 Å². The molecule has 26 heavy (non-hydrogen) atoms. The second-order valence-corrected chi connectivity index (χ2v) is 7.50. The molecular formula is C21H29N3O2. The van der Waals surface area contributed by atoms with Crippen LogP contribution < -0.4 is 5.32 Å². The van der Waals surface area contributed by atoms with Gasteiger partial charge in [-0.2, -0.15) is 0 Å². The van der Waals surface area contributed by atoms with Gasteiger partial charge in [0, 0.05) is 19.6 Å². The Labute approximate surface area is 155 Å². The van der Waals surface area contributed by atoms with Gasteiger partial charge in [-0.3, -0.25) is 9.59 Å². The highest BCUT2D eigenvalue weighted by atomic mass is 16.2. The van der Waals surface area contributed by atoms with E-state index in [-0.39, 0.29) is 11.8 Å². The second-order valence-electron chi connectivity index (χ2n) is 7.50. The minimum atomic E-state index is -0.205. The van der Waals surface area contributed by atoms with Gasteiger partial charge >= 0.3 is 0 Å². The standard InChI is InChI=1S/C21H29N3O2/c1-16-11-14-24(15-12-16)21(26)19-9-5-8-18(23-19)20(25)22-13-10-17-6-3-2-4-7-17/h5-6,8-9,16H,2-4,7,10-15H2,1H3,(H,22,25). The van der Waals surface area contributed by atoms with Crippen LogP contribution in [-0.4, -0.2) is 41.3 Å². The van der Waals surface area contributed by atoms with Gasteiger partial charge in [0.1, 0.15) is 11.4 Å². The maximum atomic E-state index is 12.6. The van der Waals surface area contributed by atoms with E-state index in [1.165, 1.54) is 18.4 Å². The highest BCUT2D eigenvalue weighted by Gasteiger charge is 2.23. The molecule has 1 aromatic heterocycles. The third-order valence-corrected chi connectivity index (χ3v) is 5.39. The lowest BCUT2D eigenvalue weighted by Crippen LogP contribution is -2.38. The van der Waals surface area contributed by atoms with Crippen LogP contribution in [0.5, 0.6) is 0 Å². The summed E-state index contributed by atoms with van der Waals surface area (Å²) in [6.07, 6.45) is 10.1. The van der Waals surface area contributed by atoms with Gasteiger partial charge in [-0.05, 0) is 63.0 Å². The molecule has 1 saturated heterocycles. The molecule has 3 rings (SSSR count). The molecule has 1 N–H and O–H groups in total. The Hall–Kier alpha value is -2.17. The first-order chi connectivity index (χ1) is 12.6. The summed E-state index contributed by atoms with van der Waals surface area (Å²) in [7, 11) is 0. The number of likely N-dealkylation sites (tertiary alicyclic amines) is 1. The fourth-order valence-corrected chi connectivity index (χ4v) is 3.61. The number of amides is 2. The molecule has 0 bridgehead atoms. The highest BCUT2D eigenvalue weighted by Crippen LogP contribution is 2.20. The smallest absolute Gasteiger partial charge is 0.272 e. The maximum Gasteiger partial charge on any atom is 0.272 e. The van der Waals surface area contributed by atoms with Gasteiger partial charge in [0.2, 0.25) is 0 Å². The van der Waals surface area contributed by atoms with Crippen molar-refractivity contribution in [1.82, 2.24) is 15.2 Å². The summed E-state index contributed by atoms with van der Waals surface area (Å²) in [5.41, 5.74) is 2.12. The van der Waals surface area contributed by atoms with Gasteiger partial charge in [-0.15, -0.1) is 0 Å². The summed E-state index contributed by atoms with van der Waals surface area (Å²) in [5.74, 6) is 0.394. The van der Waals surface area contributed by atoms with Gasteiger partial charge in [0.25, 0.3) is 11.8 Å². The molecule has 1 aliphatic heterocycles. The topological polar surface area (TPSA) is 62.3 Å². The highest BCUT2D eigenvalue weighted by molar-refractivity contribution is 5.96. The van der Waals surface area contributed by atoms with Gasteiger partial charge in [-0.1, -0.05) is 24.6 Å². The Balaban J connectivity index is 1.55. The maximum absolute atomic E-state index is 12.6. The predicted octanol–water partition coefficient (Wildman–Crippen LogP) is 3.57. The first-order valence-corrected chi connectivity index (χ1v) is 9.86. The summed E-state index contributed by atoms with van der Waals surface area (Å²) in [6, 6.07) is 5.11. The number of nitrogens with zero attached hydrogens (tertiary/aromatic N) is 2. The van der Waals surface area contributed by atoms with Crippen molar-refractivity contribution in [2.45, 2.75) is 51.9 Å². The van der Waals surface area contributed by atoms with E-state index in [0.717, 1.165) is 45.2 Å². The molecule has 5 nitrogen and oxygen atoms in total. The number of aromatic nitrogens is 1. The first-order valence-electron chi connectivity index (χ1n) is 9.86. The molecule has 0 radical (unpaired) electrons. The van der Waals surface area contributed by atoms with Crippen LogP contribution in [0.15, 0.2) is 29.8 Å². The van der Waals surface area contributed by atoms with Gasteiger partial charge in [-0.25, -0.2) is 4.98 Å². The molecule has 0 unspecified atom stereocenters. The number of carbonyl (C=O) groups excluding carboxylic acids is 2. The summed E-state index contributed by atoms with van der Waals surface area (Å²) in [5, 5.41) is 2.93. The van der Waals surface area contributed by atoms with Crippen molar-refractivity contribution in [2.24, 2.45) is 5.92 Å². The molecule has 2 amide bonds. The number of allylic oxidation sites excluding steroid dienone is 1. The molecule has 0 atom stereocenters. The zero-order valence-electron chi connectivity index (χ0n) is 15.7. The summed E-state index contributed by atoms with van der Waals surface area (Å²) in [4.78, 5) is 31.1. The third kappa shape index (κ3) is 4.93. The SMILES string of the molecule is CC1CCN(C(=O)c2cccc(C(=O)NCCC3=CCCCC3)n2)CC1. The average molecular weight is 355 g/mol. The van der Waals surface area contributed by atoms with Crippen molar-refractivity contribution in [1.29, 1.82) is 0 Å². The minimum absolute atomic E-state index is 0.0705. The number of hydrogen-bond acceptors (Lipinski definition) is 3. The molecule has 0 spiro atoms. The molecule has 140 valence electrons. The summed E-state index contributed by atoms with van der Waals surface area (Å²) in [6.45, 7) is 4.38. The van der Waals surface area contributed by atoms with E-state index in [2.05, 4.69) is 23.3 Å². The fourth-order valence-electron chi connectivity index (χ4n) is 3.61. The predicted molar refractivity (Wildman–Crippen MR) is 102 cm³/mol. The van der Waals surface area contributed by atoms with E-state index in [1.54, 1.807) is 18.2 Å². The molecule has 5 heteroatoms. The third-order valence-electron chi connectivity index (χ3n) is 5.39.